The molecule has 0 saturated heterocycles. The van der Waals surface area contributed by atoms with Gasteiger partial charge in [0.15, 0.2) is 4.91 Å². The minimum absolute atomic E-state index is 0.0154. The summed E-state index contributed by atoms with van der Waals surface area (Å²) in [6.45, 7) is 1.39. The van der Waals surface area contributed by atoms with E-state index >= 15 is 0 Å². The Kier molecular flexibility index (Phi) is 5.50. The van der Waals surface area contributed by atoms with Crippen LogP contribution in [0.4, 0.5) is 21.5 Å². The quantitative estimate of drug-likeness (QED) is 0.544. The van der Waals surface area contributed by atoms with E-state index in [1.807, 2.05) is 0 Å². The van der Waals surface area contributed by atoms with Crippen LogP contribution >= 0.6 is 0 Å². The number of carbonyl (C=O) groups excluding carboxylic acids is 2. The van der Waals surface area contributed by atoms with Gasteiger partial charge in [-0.25, -0.2) is 12.8 Å². The smallest absolute Gasteiger partial charge is 0.269 e. The molecule has 0 fully saturated rings. The first-order valence-electron chi connectivity index (χ1n) is 9.56. The van der Waals surface area contributed by atoms with E-state index in [9.17, 15) is 22.4 Å². The van der Waals surface area contributed by atoms with E-state index in [-0.39, 0.29) is 22.2 Å². The second-order valence-corrected chi connectivity index (χ2v) is 8.90. The Hall–Kier alpha value is -3.98. The molecule has 1 aliphatic heterocycles. The van der Waals surface area contributed by atoms with Gasteiger partial charge in [-0.05, 0) is 54.6 Å². The largest absolute Gasteiger partial charge is 0.354 e. The maximum absolute atomic E-state index is 13.2. The van der Waals surface area contributed by atoms with Gasteiger partial charge in [-0.1, -0.05) is 18.2 Å². The summed E-state index contributed by atoms with van der Waals surface area (Å²) in [7, 11) is -4.09. The van der Waals surface area contributed by atoms with Crippen LogP contribution in [0, 0.1) is 5.82 Å². The Morgan fingerprint density at radius 3 is 2.00 bits per heavy atom. The lowest BCUT2D eigenvalue weighted by atomic mass is 10.1. The fraction of sp³-hybridized carbons (Fsp3) is 0.0435. The summed E-state index contributed by atoms with van der Waals surface area (Å²) in [6, 6.07) is 17.9. The first-order valence-corrected chi connectivity index (χ1v) is 11.0. The molecule has 7 nitrogen and oxygen atoms in total. The predicted molar refractivity (Wildman–Crippen MR) is 120 cm³/mol. The summed E-state index contributed by atoms with van der Waals surface area (Å²) in [6.07, 6.45) is 0. The van der Waals surface area contributed by atoms with Crippen molar-refractivity contribution in [3.8, 4) is 0 Å². The third-order valence-corrected chi connectivity index (χ3v) is 6.59. The van der Waals surface area contributed by atoms with E-state index in [0.29, 0.717) is 16.9 Å². The maximum atomic E-state index is 13.2. The summed E-state index contributed by atoms with van der Waals surface area (Å²) in [5, 5.41) is 8.19. The van der Waals surface area contributed by atoms with Crippen molar-refractivity contribution in [1.82, 2.24) is 0 Å². The van der Waals surface area contributed by atoms with Gasteiger partial charge in [-0.2, -0.15) is 0 Å². The van der Waals surface area contributed by atoms with E-state index in [4.69, 9.17) is 0 Å². The molecule has 162 valence electrons. The summed E-state index contributed by atoms with van der Waals surface area (Å²) in [4.78, 5) is 23.8. The van der Waals surface area contributed by atoms with E-state index in [2.05, 4.69) is 16.0 Å². The molecule has 0 unspecified atom stereocenters. The van der Waals surface area contributed by atoms with Crippen molar-refractivity contribution in [2.45, 2.75) is 11.8 Å². The Bertz CT molecular complexity index is 1350. The molecule has 0 aliphatic carbocycles. The molecule has 1 heterocycles. The minimum atomic E-state index is -4.09. The van der Waals surface area contributed by atoms with Crippen LogP contribution in [0.15, 0.2) is 82.6 Å². The molecule has 0 radical (unpaired) electrons. The van der Waals surface area contributed by atoms with Gasteiger partial charge >= 0.3 is 0 Å². The van der Waals surface area contributed by atoms with Gasteiger partial charge in [0.1, 0.15) is 5.82 Å². The average Bonchev–Trinajstić information content (AvgIpc) is 2.97. The number of nitrogens with one attached hydrogen (secondary N) is 3. The molecule has 0 saturated carbocycles. The Balaban J connectivity index is 1.74. The van der Waals surface area contributed by atoms with Crippen LogP contribution in [0.3, 0.4) is 0 Å². The molecule has 0 spiro atoms. The lowest BCUT2D eigenvalue weighted by Crippen LogP contribution is -2.20. The Morgan fingerprint density at radius 2 is 1.34 bits per heavy atom. The van der Waals surface area contributed by atoms with Crippen molar-refractivity contribution in [2.24, 2.45) is 0 Å². The number of fused-ring (bicyclic) bond motifs is 1. The van der Waals surface area contributed by atoms with Crippen molar-refractivity contribution >= 4 is 44.4 Å². The van der Waals surface area contributed by atoms with Crippen molar-refractivity contribution < 1.29 is 22.4 Å². The van der Waals surface area contributed by atoms with E-state index in [1.54, 1.807) is 42.5 Å². The number of hydrogen-bond acceptors (Lipinski definition) is 5. The molecule has 0 bridgehead atoms. The van der Waals surface area contributed by atoms with Crippen molar-refractivity contribution in [1.29, 1.82) is 0 Å². The highest BCUT2D eigenvalue weighted by atomic mass is 32.2. The standard InChI is InChI=1S/C23H18FN3O4S/c1-14(28)25-16-10-12-17(13-11-16)26-21-19-4-2-3-5-20(19)32(30,31)22(21)23(29)27-18-8-6-15(24)7-9-18/h2-13,26H,1H3,(H,25,28)(H,27,29). The third-order valence-electron chi connectivity index (χ3n) is 4.72. The van der Waals surface area contributed by atoms with E-state index in [1.165, 1.54) is 25.1 Å². The first-order chi connectivity index (χ1) is 15.3. The maximum Gasteiger partial charge on any atom is 0.269 e. The Morgan fingerprint density at radius 1 is 0.781 bits per heavy atom. The van der Waals surface area contributed by atoms with E-state index in [0.717, 1.165) is 12.1 Å². The van der Waals surface area contributed by atoms with Crippen LogP contribution in [0.25, 0.3) is 5.70 Å². The zero-order valence-corrected chi connectivity index (χ0v) is 17.7. The number of carbonyl (C=O) groups is 2. The monoisotopic (exact) mass is 451 g/mol. The molecule has 3 aromatic carbocycles. The normalized spacial score (nSPS) is 13.9. The molecule has 3 N–H and O–H groups in total. The first kappa shape index (κ1) is 21.3. The fourth-order valence-electron chi connectivity index (χ4n) is 3.34. The lowest BCUT2D eigenvalue weighted by Gasteiger charge is -2.12. The van der Waals surface area contributed by atoms with Crippen molar-refractivity contribution in [3.05, 3.63) is 89.1 Å². The van der Waals surface area contributed by atoms with Crippen LogP contribution < -0.4 is 16.0 Å². The third kappa shape index (κ3) is 4.10. The topological polar surface area (TPSA) is 104 Å². The molecule has 9 heteroatoms. The van der Waals surface area contributed by atoms with Gasteiger partial charge in [0, 0.05) is 29.5 Å². The molecular weight excluding hydrogens is 433 g/mol. The van der Waals surface area contributed by atoms with Crippen LogP contribution in [-0.2, 0) is 19.4 Å². The van der Waals surface area contributed by atoms with Crippen LogP contribution in [0.1, 0.15) is 12.5 Å². The van der Waals surface area contributed by atoms with Gasteiger partial charge in [-0.15, -0.1) is 0 Å². The van der Waals surface area contributed by atoms with E-state index < -0.39 is 26.5 Å². The molecule has 1 aliphatic rings. The summed E-state index contributed by atoms with van der Waals surface area (Å²) in [5.41, 5.74) is 1.85. The summed E-state index contributed by atoms with van der Waals surface area (Å²) < 4.78 is 39.5. The van der Waals surface area contributed by atoms with Crippen molar-refractivity contribution in [3.63, 3.8) is 0 Å². The van der Waals surface area contributed by atoms with Gasteiger partial charge in [0.05, 0.1) is 10.6 Å². The van der Waals surface area contributed by atoms with Gasteiger partial charge in [-0.3, -0.25) is 9.59 Å². The second-order valence-electron chi connectivity index (χ2n) is 7.05. The zero-order chi connectivity index (χ0) is 22.9. The summed E-state index contributed by atoms with van der Waals surface area (Å²) >= 11 is 0. The number of anilines is 3. The number of hydrogen-bond donors (Lipinski definition) is 3. The highest BCUT2D eigenvalue weighted by molar-refractivity contribution is 7.97. The molecule has 3 aromatic rings. The average molecular weight is 451 g/mol. The Labute approximate surface area is 183 Å². The predicted octanol–water partition coefficient (Wildman–Crippen LogP) is 3.99. The highest BCUT2D eigenvalue weighted by Gasteiger charge is 2.40. The second kappa shape index (κ2) is 8.27. The number of amides is 2. The molecule has 0 aromatic heterocycles. The fourth-order valence-corrected chi connectivity index (χ4v) is 5.00. The zero-order valence-electron chi connectivity index (χ0n) is 16.8. The highest BCUT2D eigenvalue weighted by Crippen LogP contribution is 2.40. The molecular formula is C23H18FN3O4S. The number of sulfone groups is 1. The van der Waals surface area contributed by atoms with Crippen LogP contribution in [-0.4, -0.2) is 20.2 Å². The van der Waals surface area contributed by atoms with Gasteiger partial charge in [0.25, 0.3) is 5.91 Å². The number of rotatable bonds is 5. The molecule has 4 rings (SSSR count). The molecule has 32 heavy (non-hydrogen) atoms. The molecule has 2 amide bonds. The van der Waals surface area contributed by atoms with Crippen molar-refractivity contribution in [2.75, 3.05) is 16.0 Å². The summed E-state index contributed by atoms with van der Waals surface area (Å²) in [5.74, 6) is -1.54. The van der Waals surface area contributed by atoms with Gasteiger partial charge in [0.2, 0.25) is 15.7 Å². The van der Waals surface area contributed by atoms with Crippen LogP contribution in [0.5, 0.6) is 0 Å². The van der Waals surface area contributed by atoms with Crippen LogP contribution in [0.2, 0.25) is 0 Å². The SMILES string of the molecule is CC(=O)Nc1ccc(NC2=C(C(=O)Nc3ccc(F)cc3)S(=O)(=O)c3ccccc32)cc1. The molecule has 0 atom stereocenters. The van der Waals surface area contributed by atoms with Gasteiger partial charge < -0.3 is 16.0 Å². The minimum Gasteiger partial charge on any atom is -0.354 e. The number of halogens is 1. The number of benzene rings is 3. The lowest BCUT2D eigenvalue weighted by molar-refractivity contribution is -0.114.